The number of amides is 2. The first-order valence-corrected chi connectivity index (χ1v) is 8.32. The number of hydrogen-bond donors (Lipinski definition) is 2. The van der Waals surface area contributed by atoms with Crippen LogP contribution < -0.4 is 10.6 Å². The number of hydrogen-bond acceptors (Lipinski definition) is 3. The van der Waals surface area contributed by atoms with Crippen molar-refractivity contribution in [3.63, 3.8) is 0 Å². The van der Waals surface area contributed by atoms with Gasteiger partial charge in [-0.2, -0.15) is 0 Å². The van der Waals surface area contributed by atoms with E-state index in [1.165, 1.54) is 12.1 Å². The molecule has 0 radical (unpaired) electrons. The topological polar surface area (TPSA) is 61.4 Å². The molecule has 2 amide bonds. The molecule has 5 nitrogen and oxygen atoms in total. The maximum absolute atomic E-state index is 13.8. The average Bonchev–Trinajstić information content (AvgIpc) is 2.62. The SMILES string of the molecule is O=C1NC2(CCN(C(=O)c3ccccc3F)CC2)Nc2ccccc21. The summed E-state index contributed by atoms with van der Waals surface area (Å²) in [6.07, 6.45) is 1.13. The van der Waals surface area contributed by atoms with E-state index >= 15 is 0 Å². The Morgan fingerprint density at radius 2 is 1.68 bits per heavy atom. The van der Waals surface area contributed by atoms with Crippen LogP contribution in [0.15, 0.2) is 48.5 Å². The number of likely N-dealkylation sites (tertiary alicyclic amines) is 1. The first-order chi connectivity index (χ1) is 12.1. The van der Waals surface area contributed by atoms with Gasteiger partial charge < -0.3 is 15.5 Å². The second-order valence-corrected chi connectivity index (χ2v) is 6.48. The second kappa shape index (κ2) is 5.88. The summed E-state index contributed by atoms with van der Waals surface area (Å²) in [6, 6.07) is 13.4. The molecule has 2 aliphatic heterocycles. The van der Waals surface area contributed by atoms with Gasteiger partial charge in [-0.3, -0.25) is 9.59 Å². The number of benzene rings is 2. The lowest BCUT2D eigenvalue weighted by molar-refractivity contribution is 0.0636. The lowest BCUT2D eigenvalue weighted by Gasteiger charge is -2.45. The predicted octanol–water partition coefficient (Wildman–Crippen LogP) is 2.61. The molecule has 2 aliphatic rings. The van der Waals surface area contributed by atoms with Crippen molar-refractivity contribution in [1.82, 2.24) is 10.2 Å². The Morgan fingerprint density at radius 3 is 2.44 bits per heavy atom. The third-order valence-corrected chi connectivity index (χ3v) is 4.91. The number of nitrogens with zero attached hydrogens (tertiary/aromatic N) is 1. The monoisotopic (exact) mass is 339 g/mol. The van der Waals surface area contributed by atoms with Crippen molar-refractivity contribution in [3.05, 3.63) is 65.5 Å². The lowest BCUT2D eigenvalue weighted by Crippen LogP contribution is -2.62. The maximum atomic E-state index is 13.8. The summed E-state index contributed by atoms with van der Waals surface area (Å²) in [5.41, 5.74) is 0.958. The van der Waals surface area contributed by atoms with E-state index in [2.05, 4.69) is 10.6 Å². The van der Waals surface area contributed by atoms with Crippen molar-refractivity contribution in [2.45, 2.75) is 18.5 Å². The Kier molecular flexibility index (Phi) is 3.67. The highest BCUT2D eigenvalue weighted by Gasteiger charge is 2.41. The molecule has 2 heterocycles. The molecular formula is C19H18FN3O2. The number of piperidine rings is 1. The molecule has 0 aromatic heterocycles. The minimum atomic E-state index is -0.558. The molecule has 0 saturated carbocycles. The fraction of sp³-hybridized carbons (Fsp3) is 0.263. The summed E-state index contributed by atoms with van der Waals surface area (Å²) in [7, 11) is 0. The number of carbonyl (C=O) groups is 2. The van der Waals surface area contributed by atoms with Crippen molar-refractivity contribution >= 4 is 17.5 Å². The zero-order valence-electron chi connectivity index (χ0n) is 13.6. The Hall–Kier alpha value is -2.89. The van der Waals surface area contributed by atoms with Crippen molar-refractivity contribution in [1.29, 1.82) is 0 Å². The first-order valence-electron chi connectivity index (χ1n) is 8.32. The number of carbonyl (C=O) groups excluding carboxylic acids is 2. The van der Waals surface area contributed by atoms with E-state index in [0.717, 1.165) is 5.69 Å². The van der Waals surface area contributed by atoms with Gasteiger partial charge in [0.15, 0.2) is 0 Å². The Bertz CT molecular complexity index is 844. The number of nitrogens with one attached hydrogen (secondary N) is 2. The molecular weight excluding hydrogens is 321 g/mol. The van der Waals surface area contributed by atoms with Gasteiger partial charge >= 0.3 is 0 Å². The normalized spacial score (nSPS) is 18.3. The van der Waals surface area contributed by atoms with Gasteiger partial charge in [-0.05, 0) is 24.3 Å². The van der Waals surface area contributed by atoms with Crippen LogP contribution in [0, 0.1) is 5.82 Å². The van der Waals surface area contributed by atoms with Crippen LogP contribution in [-0.2, 0) is 0 Å². The van der Waals surface area contributed by atoms with Gasteiger partial charge in [0.25, 0.3) is 11.8 Å². The molecule has 6 heteroatoms. The summed E-state index contributed by atoms with van der Waals surface area (Å²) < 4.78 is 13.8. The number of rotatable bonds is 1. The zero-order chi connectivity index (χ0) is 17.4. The summed E-state index contributed by atoms with van der Waals surface area (Å²) in [6.45, 7) is 0.894. The highest BCUT2D eigenvalue weighted by atomic mass is 19.1. The summed E-state index contributed by atoms with van der Waals surface area (Å²) in [5, 5.41) is 6.45. The van der Waals surface area contributed by atoms with E-state index in [0.29, 0.717) is 31.5 Å². The van der Waals surface area contributed by atoms with Gasteiger partial charge in [-0.1, -0.05) is 24.3 Å². The molecule has 0 atom stereocenters. The highest BCUT2D eigenvalue weighted by Crippen LogP contribution is 2.31. The molecule has 4 rings (SSSR count). The fourth-order valence-electron chi connectivity index (χ4n) is 3.51. The van der Waals surface area contributed by atoms with Gasteiger partial charge in [0.05, 0.1) is 11.1 Å². The molecule has 0 bridgehead atoms. The van der Waals surface area contributed by atoms with Crippen LogP contribution in [0.4, 0.5) is 10.1 Å². The van der Waals surface area contributed by atoms with E-state index in [1.54, 1.807) is 23.1 Å². The molecule has 1 spiro atoms. The summed E-state index contributed by atoms with van der Waals surface area (Å²) in [5.74, 6) is -0.926. The van der Waals surface area contributed by atoms with Crippen LogP contribution in [0.2, 0.25) is 0 Å². The molecule has 2 aromatic rings. The third kappa shape index (κ3) is 2.73. The summed E-state index contributed by atoms with van der Waals surface area (Å²) in [4.78, 5) is 26.5. The van der Waals surface area contributed by atoms with E-state index in [4.69, 9.17) is 0 Å². The third-order valence-electron chi connectivity index (χ3n) is 4.91. The molecule has 2 N–H and O–H groups in total. The van der Waals surface area contributed by atoms with Crippen LogP contribution in [0.1, 0.15) is 33.6 Å². The largest absolute Gasteiger partial charge is 0.362 e. The highest BCUT2D eigenvalue weighted by molar-refractivity contribution is 6.02. The number of anilines is 1. The second-order valence-electron chi connectivity index (χ2n) is 6.48. The van der Waals surface area contributed by atoms with Crippen molar-refractivity contribution in [2.24, 2.45) is 0 Å². The summed E-state index contributed by atoms with van der Waals surface area (Å²) >= 11 is 0. The molecule has 0 unspecified atom stereocenters. The van der Waals surface area contributed by atoms with E-state index < -0.39 is 11.5 Å². The van der Waals surface area contributed by atoms with Crippen LogP contribution >= 0.6 is 0 Å². The van der Waals surface area contributed by atoms with Crippen molar-refractivity contribution in [3.8, 4) is 0 Å². The average molecular weight is 339 g/mol. The Balaban J connectivity index is 1.50. The number of para-hydroxylation sites is 1. The molecule has 1 saturated heterocycles. The van der Waals surface area contributed by atoms with Crippen LogP contribution in [-0.4, -0.2) is 35.5 Å². The van der Waals surface area contributed by atoms with Crippen LogP contribution in [0.25, 0.3) is 0 Å². The first kappa shape index (κ1) is 15.6. The van der Waals surface area contributed by atoms with Gasteiger partial charge in [0, 0.05) is 31.6 Å². The van der Waals surface area contributed by atoms with Gasteiger partial charge in [0.1, 0.15) is 11.5 Å². The maximum Gasteiger partial charge on any atom is 0.256 e. The van der Waals surface area contributed by atoms with Crippen LogP contribution in [0.5, 0.6) is 0 Å². The smallest absolute Gasteiger partial charge is 0.256 e. The molecule has 128 valence electrons. The van der Waals surface area contributed by atoms with E-state index in [1.807, 2.05) is 18.2 Å². The van der Waals surface area contributed by atoms with Gasteiger partial charge in [-0.15, -0.1) is 0 Å². The van der Waals surface area contributed by atoms with Crippen molar-refractivity contribution in [2.75, 3.05) is 18.4 Å². The van der Waals surface area contributed by atoms with Gasteiger partial charge in [-0.25, -0.2) is 4.39 Å². The lowest BCUT2D eigenvalue weighted by atomic mass is 9.92. The van der Waals surface area contributed by atoms with E-state index in [9.17, 15) is 14.0 Å². The molecule has 2 aromatic carbocycles. The van der Waals surface area contributed by atoms with Gasteiger partial charge in [0.2, 0.25) is 0 Å². The predicted molar refractivity (Wildman–Crippen MR) is 91.8 cm³/mol. The van der Waals surface area contributed by atoms with Crippen molar-refractivity contribution < 1.29 is 14.0 Å². The number of halogens is 1. The Morgan fingerprint density at radius 1 is 1.00 bits per heavy atom. The quantitative estimate of drug-likeness (QED) is 0.840. The molecule has 0 aliphatic carbocycles. The number of fused-ring (bicyclic) bond motifs is 1. The standard InChI is InChI=1S/C19H18FN3O2/c20-15-7-3-1-5-13(15)18(25)23-11-9-19(10-12-23)21-16-8-4-2-6-14(16)17(24)22-19/h1-8,21H,9-12H2,(H,22,24). The molecule has 25 heavy (non-hydrogen) atoms. The minimum absolute atomic E-state index is 0.0874. The van der Waals surface area contributed by atoms with Crippen LogP contribution in [0.3, 0.4) is 0 Å². The molecule has 1 fully saturated rings. The Labute approximate surface area is 144 Å². The fourth-order valence-corrected chi connectivity index (χ4v) is 3.51. The minimum Gasteiger partial charge on any atom is -0.362 e. The zero-order valence-corrected chi connectivity index (χ0v) is 13.6. The van der Waals surface area contributed by atoms with E-state index in [-0.39, 0.29) is 17.4 Å².